The number of nitrogens with one attached hydrogen (secondary N) is 1. The van der Waals surface area contributed by atoms with Gasteiger partial charge in [-0.25, -0.2) is 9.36 Å². The fourth-order valence-electron chi connectivity index (χ4n) is 1.89. The molecule has 0 unspecified atom stereocenters. The van der Waals surface area contributed by atoms with E-state index in [1.54, 1.807) is 0 Å². The van der Waals surface area contributed by atoms with Crippen molar-refractivity contribution in [3.05, 3.63) is 45.0 Å². The number of ether oxygens (including phenoxy) is 3. The van der Waals surface area contributed by atoms with Gasteiger partial charge in [-0.1, -0.05) is 0 Å². The maximum atomic E-state index is 12.0. The van der Waals surface area contributed by atoms with Crippen LogP contribution in [-0.4, -0.2) is 68.8 Å². The molecule has 1 rings (SSSR count). The van der Waals surface area contributed by atoms with E-state index in [1.165, 1.54) is 7.11 Å². The Morgan fingerprint density at radius 2 is 1.86 bits per heavy atom. The summed E-state index contributed by atoms with van der Waals surface area (Å²) >= 11 is 0. The second kappa shape index (κ2) is 11.7. The van der Waals surface area contributed by atoms with Gasteiger partial charge in [-0.3, -0.25) is 23.4 Å². The van der Waals surface area contributed by atoms with E-state index in [9.17, 15) is 18.7 Å². The van der Waals surface area contributed by atoms with Gasteiger partial charge in [0.05, 0.1) is 26.4 Å². The summed E-state index contributed by atoms with van der Waals surface area (Å²) < 4.78 is 42.8. The molecule has 0 aliphatic rings. The van der Waals surface area contributed by atoms with Gasteiger partial charge < -0.3 is 33.8 Å². The Morgan fingerprint density at radius 1 is 1.17 bits per heavy atom. The van der Waals surface area contributed by atoms with Crippen molar-refractivity contribution in [1.29, 1.82) is 0 Å². The summed E-state index contributed by atoms with van der Waals surface area (Å²) in [5, 5.41) is 0. The lowest BCUT2D eigenvalue weighted by Gasteiger charge is -2.24. The van der Waals surface area contributed by atoms with Crippen LogP contribution < -0.4 is 11.2 Å². The van der Waals surface area contributed by atoms with Gasteiger partial charge in [0.15, 0.2) is 6.23 Å². The van der Waals surface area contributed by atoms with E-state index < -0.39 is 45.6 Å². The molecule has 0 aliphatic heterocycles. The summed E-state index contributed by atoms with van der Waals surface area (Å²) in [6.45, 7) is -0.745. The molecule has 0 saturated carbocycles. The molecule has 0 bridgehead atoms. The Kier molecular flexibility index (Phi) is 10.3. The molecule has 0 spiro atoms. The van der Waals surface area contributed by atoms with Crippen molar-refractivity contribution in [2.45, 2.75) is 12.3 Å². The van der Waals surface area contributed by atoms with Gasteiger partial charge in [-0.15, -0.1) is 0 Å². The number of aromatic amines is 1. The molecule has 16 heteroatoms. The summed E-state index contributed by atoms with van der Waals surface area (Å²) in [7, 11) is -8.10. The molecule has 0 aliphatic carbocycles. The van der Waals surface area contributed by atoms with Crippen LogP contribution in [0, 0.1) is 0 Å². The van der Waals surface area contributed by atoms with E-state index >= 15 is 0 Å². The van der Waals surface area contributed by atoms with E-state index in [0.29, 0.717) is 5.82 Å². The Balaban J connectivity index is 3.11. The Hall–Kier alpha value is -1.44. The van der Waals surface area contributed by atoms with Gasteiger partial charge in [-0.2, -0.15) is 0 Å². The lowest BCUT2D eigenvalue weighted by molar-refractivity contribution is -0.0976. The minimum absolute atomic E-state index is 0.108. The Labute approximate surface area is 164 Å². The number of hydrogen-bond donors (Lipinski definition) is 5. The molecule has 1 heterocycles. The van der Waals surface area contributed by atoms with Gasteiger partial charge in [0.2, 0.25) is 0 Å². The lowest BCUT2D eigenvalue weighted by atomic mass is 10.3. The van der Waals surface area contributed by atoms with Crippen LogP contribution in [0.25, 0.3) is 0 Å². The number of rotatable bonds is 13. The average molecular weight is 460 g/mol. The quantitative estimate of drug-likeness (QED) is 0.175. The van der Waals surface area contributed by atoms with Crippen LogP contribution >= 0.6 is 15.4 Å². The number of methoxy groups -OCH3 is 1. The van der Waals surface area contributed by atoms with Crippen molar-refractivity contribution in [2.75, 3.05) is 33.5 Å². The number of H-pyrrole nitrogens is 1. The van der Waals surface area contributed by atoms with Crippen molar-refractivity contribution < 1.29 is 47.4 Å². The first-order valence-corrected chi connectivity index (χ1v) is 11.1. The summed E-state index contributed by atoms with van der Waals surface area (Å²) in [5.41, 5.74) is -1.54. The minimum atomic E-state index is -4.92. The number of aromatic nitrogens is 2. The molecule has 5 N–H and O–H groups in total. The fraction of sp³-hybridized carbons (Fsp3) is 0.538. The minimum Gasteiger partial charge on any atom is -0.382 e. The molecule has 14 nitrogen and oxygen atoms in total. The van der Waals surface area contributed by atoms with E-state index in [4.69, 9.17) is 33.8 Å². The molecule has 29 heavy (non-hydrogen) atoms. The maximum Gasteiger partial charge on any atom is 0.469 e. The van der Waals surface area contributed by atoms with E-state index in [0.717, 1.165) is 22.9 Å². The van der Waals surface area contributed by atoms with Gasteiger partial charge >= 0.3 is 21.1 Å². The van der Waals surface area contributed by atoms with Crippen molar-refractivity contribution in [3.8, 4) is 0 Å². The Bertz CT molecular complexity index is 869. The van der Waals surface area contributed by atoms with Crippen LogP contribution in [0.2, 0.25) is 0 Å². The largest absolute Gasteiger partial charge is 0.469 e. The van der Waals surface area contributed by atoms with Crippen LogP contribution in [0.3, 0.4) is 0 Å². The zero-order valence-corrected chi connectivity index (χ0v) is 17.0. The number of phosphoric acid groups is 1. The summed E-state index contributed by atoms with van der Waals surface area (Å²) in [4.78, 5) is 60.9. The highest BCUT2D eigenvalue weighted by molar-refractivity contribution is 7.55. The summed E-state index contributed by atoms with van der Waals surface area (Å²) in [6, 6.07) is 1.03. The normalized spacial score (nSPS) is 14.9. The van der Waals surface area contributed by atoms with Crippen molar-refractivity contribution >= 4 is 15.4 Å². The standard InChI is InChI=1S/C13H22N2O12P2/c1-24-5-6-25-9-12(15-4-2-11(16)14-13(15)17)27-10(3-7-28(18,19)20)8-26-29(21,22)23/h2-4,7,10,12H,5-6,8-9H2,1H3,(H,14,16,17)(H2,18,19,20)(H2,21,22,23)/b7-3+/t10-,12-/m1/s1. The predicted octanol–water partition coefficient (Wildman–Crippen LogP) is -1.12. The number of hydrogen-bond acceptors (Lipinski definition) is 8. The maximum absolute atomic E-state index is 12.0. The molecule has 0 saturated heterocycles. The molecule has 1 aromatic heterocycles. The monoisotopic (exact) mass is 460 g/mol. The van der Waals surface area contributed by atoms with E-state index in [1.807, 2.05) is 4.98 Å². The fourth-order valence-corrected chi connectivity index (χ4v) is 2.64. The average Bonchev–Trinajstić information content (AvgIpc) is 2.58. The third-order valence-corrected chi connectivity index (χ3v) is 4.13. The van der Waals surface area contributed by atoms with Crippen LogP contribution in [0.4, 0.5) is 0 Å². The number of nitrogens with zero attached hydrogens (tertiary/aromatic N) is 1. The smallest absolute Gasteiger partial charge is 0.382 e. The van der Waals surface area contributed by atoms with Gasteiger partial charge in [0.1, 0.15) is 6.10 Å². The topological polar surface area (TPSA) is 207 Å². The molecule has 2 atom stereocenters. The highest BCUT2D eigenvalue weighted by Crippen LogP contribution is 2.38. The van der Waals surface area contributed by atoms with Crippen molar-refractivity contribution in [1.82, 2.24) is 9.55 Å². The van der Waals surface area contributed by atoms with Gasteiger partial charge in [0, 0.05) is 25.2 Å². The lowest BCUT2D eigenvalue weighted by Crippen LogP contribution is -2.36. The molecule has 0 aromatic carbocycles. The first-order chi connectivity index (χ1) is 13.4. The zero-order valence-electron chi connectivity index (χ0n) is 15.2. The molecular weight excluding hydrogens is 438 g/mol. The van der Waals surface area contributed by atoms with Gasteiger partial charge in [-0.05, 0) is 6.08 Å². The second-order valence-corrected chi connectivity index (χ2v) is 8.15. The molecule has 0 amide bonds. The molecular formula is C13H22N2O12P2. The predicted molar refractivity (Wildman–Crippen MR) is 97.1 cm³/mol. The summed E-state index contributed by atoms with van der Waals surface area (Å²) in [5.74, 6) is 0.458. The van der Waals surface area contributed by atoms with E-state index in [2.05, 4.69) is 4.52 Å². The van der Waals surface area contributed by atoms with Crippen LogP contribution in [0.15, 0.2) is 33.7 Å². The molecule has 166 valence electrons. The highest BCUT2D eigenvalue weighted by Gasteiger charge is 2.23. The van der Waals surface area contributed by atoms with Crippen LogP contribution in [0.5, 0.6) is 0 Å². The number of phosphoric ester groups is 1. The highest BCUT2D eigenvalue weighted by atomic mass is 31.2. The third-order valence-electron chi connectivity index (χ3n) is 3.09. The van der Waals surface area contributed by atoms with Crippen molar-refractivity contribution in [3.63, 3.8) is 0 Å². The summed E-state index contributed by atoms with van der Waals surface area (Å²) in [6.07, 6.45) is -0.720. The van der Waals surface area contributed by atoms with Gasteiger partial charge in [0.25, 0.3) is 5.56 Å². The molecule has 0 radical (unpaired) electrons. The van der Waals surface area contributed by atoms with E-state index in [-0.39, 0.29) is 19.8 Å². The van der Waals surface area contributed by atoms with Crippen molar-refractivity contribution in [2.24, 2.45) is 0 Å². The SMILES string of the molecule is COCCOC[C@@H](O[C@H](/C=C/P(=O)(O)O)COP(=O)(O)O)n1ccc(=O)[nH]c1=O. The Morgan fingerprint density at radius 3 is 2.41 bits per heavy atom. The molecule has 0 fully saturated rings. The second-order valence-electron chi connectivity index (χ2n) is 5.43. The molecule has 1 aromatic rings. The zero-order chi connectivity index (χ0) is 22.1. The third kappa shape index (κ3) is 11.4. The first-order valence-electron chi connectivity index (χ1n) is 7.89. The first kappa shape index (κ1) is 25.6. The van der Waals surface area contributed by atoms with Crippen LogP contribution in [-0.2, 0) is 27.9 Å². The van der Waals surface area contributed by atoms with Crippen LogP contribution in [0.1, 0.15) is 6.23 Å².